The van der Waals surface area contributed by atoms with E-state index in [1.54, 1.807) is 12.1 Å². The van der Waals surface area contributed by atoms with Crippen molar-refractivity contribution in [2.45, 2.75) is 31.9 Å². The summed E-state index contributed by atoms with van der Waals surface area (Å²) >= 11 is 6.00. The lowest BCUT2D eigenvalue weighted by Gasteiger charge is -2.34. The predicted octanol–water partition coefficient (Wildman–Crippen LogP) is 2.00. The highest BCUT2D eigenvalue weighted by Crippen LogP contribution is 2.25. The fraction of sp³-hybridized carbons (Fsp3) is 0.611. The molecule has 0 aromatic heterocycles. The molecule has 0 aliphatic carbocycles. The number of benzene rings is 1. The maximum Gasteiger partial charge on any atom is 0.266 e. The fourth-order valence-corrected chi connectivity index (χ4v) is 3.70. The number of hydrogen-bond donors (Lipinski definition) is 1. The molecule has 0 saturated carbocycles. The van der Waals surface area contributed by atoms with Gasteiger partial charge >= 0.3 is 0 Å². The molecule has 2 aliphatic heterocycles. The third-order valence-electron chi connectivity index (χ3n) is 4.80. The SMILES string of the molecule is CC(C)(Oc1cccc(Cl)c1)C(=O)N1CCC(N2CCNCC2)C1. The second kappa shape index (κ2) is 7.30. The van der Waals surface area contributed by atoms with Crippen molar-refractivity contribution < 1.29 is 9.53 Å². The molecular formula is C18H26ClN3O2. The first kappa shape index (κ1) is 17.5. The van der Waals surface area contributed by atoms with E-state index in [2.05, 4.69) is 10.2 Å². The standard InChI is InChI=1S/C18H26ClN3O2/c1-18(2,24-16-5-3-4-14(19)12-16)17(23)22-9-6-15(13-22)21-10-7-20-8-11-21/h3-5,12,15,20H,6-11,13H2,1-2H3. The normalized spacial score (nSPS) is 22.6. The molecule has 0 radical (unpaired) electrons. The second-order valence-electron chi connectivity index (χ2n) is 7.05. The van der Waals surface area contributed by atoms with E-state index in [0.717, 1.165) is 45.7 Å². The zero-order valence-corrected chi connectivity index (χ0v) is 15.2. The van der Waals surface area contributed by atoms with Gasteiger partial charge in [0, 0.05) is 50.3 Å². The van der Waals surface area contributed by atoms with Gasteiger partial charge in [-0.15, -0.1) is 0 Å². The average Bonchev–Trinajstić information content (AvgIpc) is 3.04. The van der Waals surface area contributed by atoms with Crippen LogP contribution in [-0.4, -0.2) is 66.6 Å². The molecule has 1 aromatic rings. The molecule has 2 aliphatic rings. The van der Waals surface area contributed by atoms with Crippen LogP contribution in [0.2, 0.25) is 5.02 Å². The van der Waals surface area contributed by atoms with Crippen molar-refractivity contribution in [3.63, 3.8) is 0 Å². The van der Waals surface area contributed by atoms with Crippen LogP contribution >= 0.6 is 11.6 Å². The summed E-state index contributed by atoms with van der Waals surface area (Å²) in [6, 6.07) is 7.66. The number of carbonyl (C=O) groups is 1. The van der Waals surface area contributed by atoms with Crippen LogP contribution in [-0.2, 0) is 4.79 Å². The van der Waals surface area contributed by atoms with Gasteiger partial charge in [-0.3, -0.25) is 9.69 Å². The zero-order valence-electron chi connectivity index (χ0n) is 14.4. The van der Waals surface area contributed by atoms with Gasteiger partial charge in [-0.25, -0.2) is 0 Å². The summed E-state index contributed by atoms with van der Waals surface area (Å²) in [5.41, 5.74) is -0.900. The Labute approximate surface area is 148 Å². The van der Waals surface area contributed by atoms with Crippen molar-refractivity contribution in [3.05, 3.63) is 29.3 Å². The van der Waals surface area contributed by atoms with E-state index in [-0.39, 0.29) is 5.91 Å². The van der Waals surface area contributed by atoms with E-state index in [0.29, 0.717) is 16.8 Å². The number of halogens is 1. The van der Waals surface area contributed by atoms with Crippen molar-refractivity contribution in [1.29, 1.82) is 0 Å². The summed E-state index contributed by atoms with van der Waals surface area (Å²) in [6.07, 6.45) is 1.04. The molecule has 3 rings (SSSR count). The van der Waals surface area contributed by atoms with E-state index in [1.807, 2.05) is 30.9 Å². The molecule has 2 saturated heterocycles. The minimum Gasteiger partial charge on any atom is -0.478 e. The number of hydrogen-bond acceptors (Lipinski definition) is 4. The van der Waals surface area contributed by atoms with E-state index >= 15 is 0 Å². The number of nitrogens with zero attached hydrogens (tertiary/aromatic N) is 2. The zero-order chi connectivity index (χ0) is 17.2. The van der Waals surface area contributed by atoms with E-state index in [9.17, 15) is 4.79 Å². The van der Waals surface area contributed by atoms with E-state index < -0.39 is 5.60 Å². The third-order valence-corrected chi connectivity index (χ3v) is 5.04. The summed E-state index contributed by atoms with van der Waals surface area (Å²) in [7, 11) is 0. The maximum atomic E-state index is 12.9. The summed E-state index contributed by atoms with van der Waals surface area (Å²) in [5.74, 6) is 0.666. The third kappa shape index (κ3) is 4.02. The predicted molar refractivity (Wildman–Crippen MR) is 95.6 cm³/mol. The molecular weight excluding hydrogens is 326 g/mol. The first-order valence-electron chi connectivity index (χ1n) is 8.64. The Morgan fingerprint density at radius 2 is 2.04 bits per heavy atom. The Balaban J connectivity index is 1.60. The van der Waals surface area contributed by atoms with Gasteiger partial charge in [0.25, 0.3) is 5.91 Å². The van der Waals surface area contributed by atoms with Crippen LogP contribution in [0.3, 0.4) is 0 Å². The molecule has 0 spiro atoms. The number of carbonyl (C=O) groups excluding carboxylic acids is 1. The number of rotatable bonds is 4. The molecule has 1 aromatic carbocycles. The van der Waals surface area contributed by atoms with Crippen LogP contribution in [0.15, 0.2) is 24.3 Å². The Morgan fingerprint density at radius 3 is 2.75 bits per heavy atom. The molecule has 6 heteroatoms. The largest absolute Gasteiger partial charge is 0.478 e. The molecule has 5 nitrogen and oxygen atoms in total. The summed E-state index contributed by atoms with van der Waals surface area (Å²) < 4.78 is 5.94. The number of likely N-dealkylation sites (tertiary alicyclic amines) is 1. The van der Waals surface area contributed by atoms with Crippen LogP contribution in [0.4, 0.5) is 0 Å². The minimum atomic E-state index is -0.900. The van der Waals surface area contributed by atoms with Gasteiger partial charge in [0.15, 0.2) is 5.60 Å². The molecule has 0 bridgehead atoms. The van der Waals surface area contributed by atoms with Gasteiger partial charge in [0.1, 0.15) is 5.75 Å². The molecule has 24 heavy (non-hydrogen) atoms. The molecule has 1 atom stereocenters. The average molecular weight is 352 g/mol. The first-order chi connectivity index (χ1) is 11.5. The monoisotopic (exact) mass is 351 g/mol. The van der Waals surface area contributed by atoms with Crippen LogP contribution in [0, 0.1) is 0 Å². The van der Waals surface area contributed by atoms with Gasteiger partial charge in [-0.1, -0.05) is 17.7 Å². The lowest BCUT2D eigenvalue weighted by molar-refractivity contribution is -0.144. The van der Waals surface area contributed by atoms with E-state index in [4.69, 9.17) is 16.3 Å². The number of nitrogens with one attached hydrogen (secondary N) is 1. The number of ether oxygens (including phenoxy) is 1. The Hall–Kier alpha value is -1.30. The smallest absolute Gasteiger partial charge is 0.266 e. The van der Waals surface area contributed by atoms with Crippen LogP contribution in [0.25, 0.3) is 0 Å². The lowest BCUT2D eigenvalue weighted by Crippen LogP contribution is -2.51. The highest BCUT2D eigenvalue weighted by Gasteiger charge is 2.39. The van der Waals surface area contributed by atoms with Gasteiger partial charge < -0.3 is 15.0 Å². The van der Waals surface area contributed by atoms with Crippen LogP contribution in [0.1, 0.15) is 20.3 Å². The highest BCUT2D eigenvalue weighted by atomic mass is 35.5. The Morgan fingerprint density at radius 1 is 1.29 bits per heavy atom. The summed E-state index contributed by atoms with van der Waals surface area (Å²) in [4.78, 5) is 17.4. The lowest BCUT2D eigenvalue weighted by atomic mass is 10.1. The first-order valence-corrected chi connectivity index (χ1v) is 9.02. The Kier molecular flexibility index (Phi) is 5.33. The van der Waals surface area contributed by atoms with Crippen molar-refractivity contribution in [2.75, 3.05) is 39.3 Å². The van der Waals surface area contributed by atoms with Crippen molar-refractivity contribution in [2.24, 2.45) is 0 Å². The number of piperazine rings is 1. The fourth-order valence-electron chi connectivity index (χ4n) is 3.52. The maximum absolute atomic E-state index is 12.9. The Bertz CT molecular complexity index is 587. The summed E-state index contributed by atoms with van der Waals surface area (Å²) in [5, 5.41) is 3.98. The van der Waals surface area contributed by atoms with Crippen molar-refractivity contribution >= 4 is 17.5 Å². The molecule has 1 amide bonds. The van der Waals surface area contributed by atoms with Crippen LogP contribution < -0.4 is 10.1 Å². The van der Waals surface area contributed by atoms with Gasteiger partial charge in [0.2, 0.25) is 0 Å². The van der Waals surface area contributed by atoms with Crippen molar-refractivity contribution in [3.8, 4) is 5.75 Å². The second-order valence-corrected chi connectivity index (χ2v) is 7.49. The molecule has 132 valence electrons. The topological polar surface area (TPSA) is 44.8 Å². The van der Waals surface area contributed by atoms with Crippen molar-refractivity contribution in [1.82, 2.24) is 15.1 Å². The molecule has 1 unspecified atom stereocenters. The number of amides is 1. The van der Waals surface area contributed by atoms with Gasteiger partial charge in [0.05, 0.1) is 0 Å². The molecule has 2 fully saturated rings. The quantitative estimate of drug-likeness (QED) is 0.901. The molecule has 2 heterocycles. The van der Waals surface area contributed by atoms with Gasteiger partial charge in [-0.05, 0) is 38.5 Å². The summed E-state index contributed by atoms with van der Waals surface area (Å²) in [6.45, 7) is 9.45. The molecule has 1 N–H and O–H groups in total. The van der Waals surface area contributed by atoms with Crippen LogP contribution in [0.5, 0.6) is 5.75 Å². The highest BCUT2D eigenvalue weighted by molar-refractivity contribution is 6.30. The van der Waals surface area contributed by atoms with E-state index in [1.165, 1.54) is 0 Å². The van der Waals surface area contributed by atoms with Gasteiger partial charge in [-0.2, -0.15) is 0 Å². The minimum absolute atomic E-state index is 0.0418.